The minimum Gasteiger partial charge on any atom is -0.390 e. The van der Waals surface area contributed by atoms with Gasteiger partial charge in [0.05, 0.1) is 5.60 Å². The number of aliphatic hydroxyl groups excluding tert-OH is 1. The molecular formula is C11H18O2. The SMILES string of the molecule is CCCCC#CC(O)CC1(O)CC1. The Morgan fingerprint density at radius 1 is 1.46 bits per heavy atom. The minimum atomic E-state index is -0.635. The van der Waals surface area contributed by atoms with Crippen LogP contribution in [0.3, 0.4) is 0 Å². The van der Waals surface area contributed by atoms with Crippen molar-refractivity contribution < 1.29 is 10.2 Å². The molecule has 0 aliphatic heterocycles. The van der Waals surface area contributed by atoms with Crippen LogP contribution in [0, 0.1) is 11.8 Å². The van der Waals surface area contributed by atoms with Gasteiger partial charge in [-0.1, -0.05) is 19.3 Å². The predicted molar refractivity (Wildman–Crippen MR) is 52.1 cm³/mol. The quantitative estimate of drug-likeness (QED) is 0.510. The van der Waals surface area contributed by atoms with E-state index in [0.717, 1.165) is 32.1 Å². The zero-order valence-corrected chi connectivity index (χ0v) is 8.21. The van der Waals surface area contributed by atoms with Gasteiger partial charge in [-0.2, -0.15) is 0 Å². The molecule has 0 radical (unpaired) electrons. The van der Waals surface area contributed by atoms with Gasteiger partial charge in [0.15, 0.2) is 0 Å². The molecule has 1 rings (SSSR count). The van der Waals surface area contributed by atoms with Crippen LogP contribution in [0.4, 0.5) is 0 Å². The molecule has 2 N–H and O–H groups in total. The monoisotopic (exact) mass is 182 g/mol. The summed E-state index contributed by atoms with van der Waals surface area (Å²) in [5, 5.41) is 18.9. The molecule has 1 unspecified atom stereocenters. The summed E-state index contributed by atoms with van der Waals surface area (Å²) in [5.74, 6) is 5.68. The maximum absolute atomic E-state index is 9.47. The van der Waals surface area contributed by atoms with Gasteiger partial charge in [0.2, 0.25) is 0 Å². The summed E-state index contributed by atoms with van der Waals surface area (Å²) >= 11 is 0. The Morgan fingerprint density at radius 2 is 2.15 bits per heavy atom. The maximum atomic E-state index is 9.47. The number of aliphatic hydroxyl groups is 2. The lowest BCUT2D eigenvalue weighted by atomic mass is 10.1. The average Bonchev–Trinajstić information content (AvgIpc) is 2.77. The molecule has 2 heteroatoms. The van der Waals surface area contributed by atoms with Gasteiger partial charge in [-0.15, -0.1) is 5.92 Å². The fraction of sp³-hybridized carbons (Fsp3) is 0.818. The van der Waals surface area contributed by atoms with Crippen LogP contribution in [-0.2, 0) is 0 Å². The van der Waals surface area contributed by atoms with Gasteiger partial charge in [-0.05, 0) is 19.3 Å². The van der Waals surface area contributed by atoms with Crippen LogP contribution in [0.15, 0.2) is 0 Å². The average molecular weight is 182 g/mol. The van der Waals surface area contributed by atoms with Crippen molar-refractivity contribution in [1.29, 1.82) is 0 Å². The molecule has 1 saturated carbocycles. The van der Waals surface area contributed by atoms with E-state index < -0.39 is 11.7 Å². The summed E-state index contributed by atoms with van der Waals surface area (Å²) in [6, 6.07) is 0. The highest BCUT2D eigenvalue weighted by atomic mass is 16.3. The molecule has 74 valence electrons. The molecule has 1 fully saturated rings. The van der Waals surface area contributed by atoms with Crippen LogP contribution in [-0.4, -0.2) is 21.9 Å². The third-order valence-electron chi connectivity index (χ3n) is 2.32. The summed E-state index contributed by atoms with van der Waals surface area (Å²) in [4.78, 5) is 0. The van der Waals surface area contributed by atoms with Crippen molar-refractivity contribution in [2.75, 3.05) is 0 Å². The minimum absolute atomic E-state index is 0.423. The van der Waals surface area contributed by atoms with E-state index in [1.54, 1.807) is 0 Å². The molecule has 2 nitrogen and oxygen atoms in total. The van der Waals surface area contributed by atoms with Crippen molar-refractivity contribution in [3.8, 4) is 11.8 Å². The van der Waals surface area contributed by atoms with E-state index >= 15 is 0 Å². The normalized spacial score (nSPS) is 20.2. The van der Waals surface area contributed by atoms with Gasteiger partial charge in [0.25, 0.3) is 0 Å². The molecule has 0 bridgehead atoms. The first-order valence-electron chi connectivity index (χ1n) is 5.05. The Labute approximate surface area is 80.0 Å². The van der Waals surface area contributed by atoms with Gasteiger partial charge < -0.3 is 10.2 Å². The van der Waals surface area contributed by atoms with Gasteiger partial charge in [-0.25, -0.2) is 0 Å². The Morgan fingerprint density at radius 3 is 2.69 bits per heavy atom. The van der Waals surface area contributed by atoms with E-state index in [0.29, 0.717) is 6.42 Å². The second kappa shape index (κ2) is 4.64. The highest BCUT2D eigenvalue weighted by Crippen LogP contribution is 2.39. The van der Waals surface area contributed by atoms with Crippen molar-refractivity contribution in [1.82, 2.24) is 0 Å². The first kappa shape index (κ1) is 10.6. The molecule has 1 aliphatic carbocycles. The topological polar surface area (TPSA) is 40.5 Å². The third kappa shape index (κ3) is 4.31. The molecule has 0 saturated heterocycles. The molecule has 0 aromatic heterocycles. The largest absolute Gasteiger partial charge is 0.390 e. The van der Waals surface area contributed by atoms with Crippen molar-refractivity contribution in [3.05, 3.63) is 0 Å². The van der Waals surface area contributed by atoms with E-state index in [4.69, 9.17) is 0 Å². The molecule has 1 aliphatic rings. The van der Waals surface area contributed by atoms with Crippen LogP contribution in [0.5, 0.6) is 0 Å². The van der Waals surface area contributed by atoms with E-state index in [9.17, 15) is 10.2 Å². The zero-order valence-electron chi connectivity index (χ0n) is 8.21. The van der Waals surface area contributed by atoms with Crippen molar-refractivity contribution in [2.24, 2.45) is 0 Å². The van der Waals surface area contributed by atoms with Gasteiger partial charge >= 0.3 is 0 Å². The van der Waals surface area contributed by atoms with Crippen LogP contribution >= 0.6 is 0 Å². The molecule has 0 heterocycles. The van der Waals surface area contributed by atoms with Crippen LogP contribution in [0.1, 0.15) is 45.4 Å². The lowest BCUT2D eigenvalue weighted by Crippen LogP contribution is -2.16. The highest BCUT2D eigenvalue weighted by Gasteiger charge is 2.41. The standard InChI is InChI=1S/C11H18O2/c1-2-3-4-5-6-10(12)9-11(13)7-8-11/h10,12-13H,2-4,7-9H2,1H3. The summed E-state index contributed by atoms with van der Waals surface area (Å²) in [6.45, 7) is 2.12. The summed E-state index contributed by atoms with van der Waals surface area (Å²) in [5.41, 5.74) is -0.584. The molecule has 0 spiro atoms. The Kier molecular flexibility index (Phi) is 3.77. The zero-order chi connectivity index (χ0) is 9.73. The Hall–Kier alpha value is -0.520. The van der Waals surface area contributed by atoms with Crippen LogP contribution in [0.2, 0.25) is 0 Å². The smallest absolute Gasteiger partial charge is 0.117 e. The van der Waals surface area contributed by atoms with E-state index in [2.05, 4.69) is 18.8 Å². The van der Waals surface area contributed by atoms with Crippen molar-refractivity contribution in [2.45, 2.75) is 57.2 Å². The van der Waals surface area contributed by atoms with Gasteiger partial charge in [0.1, 0.15) is 6.10 Å². The second-order valence-corrected chi connectivity index (χ2v) is 3.87. The number of unbranched alkanes of at least 4 members (excludes halogenated alkanes) is 2. The molecular weight excluding hydrogens is 164 g/mol. The lowest BCUT2D eigenvalue weighted by Gasteiger charge is -2.07. The van der Waals surface area contributed by atoms with Gasteiger partial charge in [0, 0.05) is 12.8 Å². The van der Waals surface area contributed by atoms with E-state index in [1.165, 1.54) is 0 Å². The highest BCUT2D eigenvalue weighted by molar-refractivity contribution is 5.08. The molecule has 0 aromatic rings. The van der Waals surface area contributed by atoms with E-state index in [1.807, 2.05) is 0 Å². The number of hydrogen-bond donors (Lipinski definition) is 2. The lowest BCUT2D eigenvalue weighted by molar-refractivity contribution is 0.0890. The first-order valence-corrected chi connectivity index (χ1v) is 5.05. The molecule has 0 amide bonds. The summed E-state index contributed by atoms with van der Waals surface area (Å²) in [6.07, 6.45) is 4.50. The van der Waals surface area contributed by atoms with Crippen molar-refractivity contribution in [3.63, 3.8) is 0 Å². The van der Waals surface area contributed by atoms with Crippen molar-refractivity contribution >= 4 is 0 Å². The van der Waals surface area contributed by atoms with Crippen LogP contribution < -0.4 is 0 Å². The Bertz CT molecular complexity index is 208. The number of hydrogen-bond acceptors (Lipinski definition) is 2. The molecule has 1 atom stereocenters. The maximum Gasteiger partial charge on any atom is 0.117 e. The predicted octanol–water partition coefficient (Wildman–Crippen LogP) is 1.46. The fourth-order valence-corrected chi connectivity index (χ4v) is 1.21. The fourth-order valence-electron chi connectivity index (χ4n) is 1.21. The second-order valence-electron chi connectivity index (χ2n) is 3.87. The summed E-state index contributed by atoms with van der Waals surface area (Å²) in [7, 11) is 0. The van der Waals surface area contributed by atoms with E-state index in [-0.39, 0.29) is 0 Å². The Balaban J connectivity index is 2.14. The number of rotatable bonds is 4. The van der Waals surface area contributed by atoms with Gasteiger partial charge in [-0.3, -0.25) is 0 Å². The molecule has 0 aromatic carbocycles. The first-order chi connectivity index (χ1) is 6.16. The third-order valence-corrected chi connectivity index (χ3v) is 2.32. The summed E-state index contributed by atoms with van der Waals surface area (Å²) < 4.78 is 0. The van der Waals surface area contributed by atoms with Crippen LogP contribution in [0.25, 0.3) is 0 Å². The molecule has 13 heavy (non-hydrogen) atoms.